The zero-order valence-electron chi connectivity index (χ0n) is 9.56. The largest absolute Gasteiger partial charge is 0.357 e. The molecule has 0 saturated carbocycles. The zero-order valence-corrected chi connectivity index (χ0v) is 9.56. The first-order chi connectivity index (χ1) is 8.36. The van der Waals surface area contributed by atoms with E-state index < -0.39 is 0 Å². The summed E-state index contributed by atoms with van der Waals surface area (Å²) in [5, 5.41) is 9.88. The first kappa shape index (κ1) is 10.1. The molecule has 2 aromatic rings. The second-order valence-electron chi connectivity index (χ2n) is 4.38. The molecule has 0 atom stereocenters. The first-order valence-electron chi connectivity index (χ1n) is 5.93. The predicted molar refractivity (Wildman–Crippen MR) is 67.9 cm³/mol. The van der Waals surface area contributed by atoms with Crippen LogP contribution in [0.1, 0.15) is 18.4 Å². The predicted octanol–water partition coefficient (Wildman–Crippen LogP) is 2.71. The number of pyridine rings is 1. The second kappa shape index (κ2) is 4.06. The molecule has 3 rings (SSSR count). The van der Waals surface area contributed by atoms with Crippen molar-refractivity contribution in [3.05, 3.63) is 35.9 Å². The molecule has 1 fully saturated rings. The van der Waals surface area contributed by atoms with Crippen LogP contribution in [0.5, 0.6) is 0 Å². The fourth-order valence-electron chi connectivity index (χ4n) is 2.31. The van der Waals surface area contributed by atoms with E-state index in [4.69, 9.17) is 5.26 Å². The summed E-state index contributed by atoms with van der Waals surface area (Å²) >= 11 is 0. The summed E-state index contributed by atoms with van der Waals surface area (Å²) in [5.74, 6) is 1.06. The number of aromatic nitrogens is 1. The van der Waals surface area contributed by atoms with E-state index in [2.05, 4.69) is 28.1 Å². The van der Waals surface area contributed by atoms with Crippen LogP contribution in [0.2, 0.25) is 0 Å². The maximum Gasteiger partial charge on any atom is 0.129 e. The average molecular weight is 223 g/mol. The molecule has 0 radical (unpaired) electrons. The zero-order chi connectivity index (χ0) is 11.7. The van der Waals surface area contributed by atoms with E-state index in [-0.39, 0.29) is 0 Å². The van der Waals surface area contributed by atoms with E-state index in [0.29, 0.717) is 5.56 Å². The van der Waals surface area contributed by atoms with Crippen molar-refractivity contribution in [2.75, 3.05) is 18.0 Å². The van der Waals surface area contributed by atoms with Gasteiger partial charge in [0.1, 0.15) is 5.82 Å². The highest BCUT2D eigenvalue weighted by Gasteiger charge is 2.13. The summed E-state index contributed by atoms with van der Waals surface area (Å²) in [4.78, 5) is 6.97. The van der Waals surface area contributed by atoms with E-state index in [0.717, 1.165) is 29.8 Å². The third-order valence-electron chi connectivity index (χ3n) is 3.23. The second-order valence-corrected chi connectivity index (χ2v) is 4.38. The highest BCUT2D eigenvalue weighted by atomic mass is 15.2. The molecule has 1 aromatic carbocycles. The lowest BCUT2D eigenvalue weighted by atomic mass is 10.1. The molecule has 0 amide bonds. The van der Waals surface area contributed by atoms with Crippen molar-refractivity contribution in [1.29, 1.82) is 5.26 Å². The van der Waals surface area contributed by atoms with Crippen molar-refractivity contribution in [2.24, 2.45) is 0 Å². The van der Waals surface area contributed by atoms with E-state index >= 15 is 0 Å². The third kappa shape index (κ3) is 1.83. The number of anilines is 1. The summed E-state index contributed by atoms with van der Waals surface area (Å²) in [7, 11) is 0. The normalized spacial score (nSPS) is 15.1. The van der Waals surface area contributed by atoms with Gasteiger partial charge in [-0.25, -0.2) is 4.98 Å². The molecule has 1 saturated heterocycles. The Kier molecular flexibility index (Phi) is 2.41. The van der Waals surface area contributed by atoms with Crippen LogP contribution in [0, 0.1) is 11.3 Å². The lowest BCUT2D eigenvalue weighted by Gasteiger charge is -2.16. The molecular weight excluding hydrogens is 210 g/mol. The van der Waals surface area contributed by atoms with Gasteiger partial charge >= 0.3 is 0 Å². The van der Waals surface area contributed by atoms with E-state index in [9.17, 15) is 0 Å². The summed E-state index contributed by atoms with van der Waals surface area (Å²) in [6.45, 7) is 2.21. The monoisotopic (exact) mass is 223 g/mol. The number of rotatable bonds is 1. The molecule has 1 aliphatic rings. The highest BCUT2D eigenvalue weighted by Crippen LogP contribution is 2.22. The van der Waals surface area contributed by atoms with Crippen molar-refractivity contribution < 1.29 is 0 Å². The minimum absolute atomic E-state index is 0.688. The minimum Gasteiger partial charge on any atom is -0.357 e. The van der Waals surface area contributed by atoms with Gasteiger partial charge in [0.2, 0.25) is 0 Å². The summed E-state index contributed by atoms with van der Waals surface area (Å²) in [5.41, 5.74) is 1.65. The van der Waals surface area contributed by atoms with Gasteiger partial charge in [-0.2, -0.15) is 5.26 Å². The molecular formula is C14H13N3. The van der Waals surface area contributed by atoms with E-state index in [1.165, 1.54) is 12.8 Å². The minimum atomic E-state index is 0.688. The van der Waals surface area contributed by atoms with Crippen molar-refractivity contribution in [1.82, 2.24) is 4.98 Å². The number of nitrogens with zero attached hydrogens (tertiary/aromatic N) is 3. The van der Waals surface area contributed by atoms with Crippen LogP contribution in [0.25, 0.3) is 10.9 Å². The van der Waals surface area contributed by atoms with Crippen molar-refractivity contribution in [3.8, 4) is 6.07 Å². The van der Waals surface area contributed by atoms with Gasteiger partial charge in [0.15, 0.2) is 0 Å². The first-order valence-corrected chi connectivity index (χ1v) is 5.93. The van der Waals surface area contributed by atoms with Gasteiger partial charge in [-0.1, -0.05) is 0 Å². The highest BCUT2D eigenvalue weighted by molar-refractivity contribution is 5.81. The molecule has 1 aliphatic heterocycles. The Morgan fingerprint density at radius 3 is 2.71 bits per heavy atom. The topological polar surface area (TPSA) is 39.9 Å². The van der Waals surface area contributed by atoms with E-state index in [1.54, 1.807) is 0 Å². The Balaban J connectivity index is 2.04. The number of benzene rings is 1. The maximum absolute atomic E-state index is 8.85. The maximum atomic E-state index is 8.85. The molecule has 0 spiro atoms. The van der Waals surface area contributed by atoms with Gasteiger partial charge in [0.05, 0.1) is 17.1 Å². The van der Waals surface area contributed by atoms with Gasteiger partial charge < -0.3 is 4.90 Å². The Morgan fingerprint density at radius 1 is 1.12 bits per heavy atom. The van der Waals surface area contributed by atoms with E-state index in [1.807, 2.05) is 18.2 Å². The van der Waals surface area contributed by atoms with Gasteiger partial charge in [-0.05, 0) is 43.2 Å². The van der Waals surface area contributed by atoms with Gasteiger partial charge in [-0.15, -0.1) is 0 Å². The fourth-order valence-corrected chi connectivity index (χ4v) is 2.31. The molecule has 2 heterocycles. The lowest BCUT2D eigenvalue weighted by Crippen LogP contribution is -2.18. The van der Waals surface area contributed by atoms with Crippen molar-refractivity contribution in [3.63, 3.8) is 0 Å². The Hall–Kier alpha value is -2.08. The number of nitriles is 1. The lowest BCUT2D eigenvalue weighted by molar-refractivity contribution is 0.944. The van der Waals surface area contributed by atoms with Crippen LogP contribution in [-0.4, -0.2) is 18.1 Å². The molecule has 3 heteroatoms. The van der Waals surface area contributed by atoms with Crippen LogP contribution >= 0.6 is 0 Å². The summed E-state index contributed by atoms with van der Waals surface area (Å²) in [6, 6.07) is 11.9. The van der Waals surface area contributed by atoms with Crippen LogP contribution in [-0.2, 0) is 0 Å². The Labute approximate surface area is 100 Å². The van der Waals surface area contributed by atoms with Crippen LogP contribution in [0.3, 0.4) is 0 Å². The number of fused-ring (bicyclic) bond motifs is 1. The van der Waals surface area contributed by atoms with Gasteiger partial charge in [0.25, 0.3) is 0 Å². The Morgan fingerprint density at radius 2 is 1.94 bits per heavy atom. The molecule has 17 heavy (non-hydrogen) atoms. The molecule has 0 N–H and O–H groups in total. The molecule has 3 nitrogen and oxygen atoms in total. The smallest absolute Gasteiger partial charge is 0.129 e. The molecule has 84 valence electrons. The molecule has 0 aliphatic carbocycles. The summed E-state index contributed by atoms with van der Waals surface area (Å²) in [6.07, 6.45) is 2.51. The third-order valence-corrected chi connectivity index (χ3v) is 3.23. The van der Waals surface area contributed by atoms with Crippen molar-refractivity contribution >= 4 is 16.7 Å². The van der Waals surface area contributed by atoms with Gasteiger partial charge in [-0.3, -0.25) is 0 Å². The van der Waals surface area contributed by atoms with Crippen LogP contribution in [0.4, 0.5) is 5.82 Å². The molecule has 0 bridgehead atoms. The molecule has 0 unspecified atom stereocenters. The number of hydrogen-bond donors (Lipinski definition) is 0. The van der Waals surface area contributed by atoms with Gasteiger partial charge in [0, 0.05) is 18.5 Å². The average Bonchev–Trinajstić information content (AvgIpc) is 2.91. The standard InChI is InChI=1S/C14H13N3/c15-10-11-3-5-13-12(9-11)4-6-14(16-13)17-7-1-2-8-17/h3-6,9H,1-2,7-8H2. The Bertz CT molecular complexity index is 592. The fraction of sp³-hybridized carbons (Fsp3) is 0.286. The van der Waals surface area contributed by atoms with Crippen LogP contribution in [0.15, 0.2) is 30.3 Å². The quantitative estimate of drug-likeness (QED) is 0.746. The van der Waals surface area contributed by atoms with Crippen LogP contribution < -0.4 is 4.90 Å². The SMILES string of the molecule is N#Cc1ccc2nc(N3CCCC3)ccc2c1. The number of hydrogen-bond acceptors (Lipinski definition) is 3. The van der Waals surface area contributed by atoms with Crippen molar-refractivity contribution in [2.45, 2.75) is 12.8 Å². The molecule has 1 aromatic heterocycles. The summed E-state index contributed by atoms with van der Waals surface area (Å²) < 4.78 is 0.